The van der Waals surface area contributed by atoms with E-state index < -0.39 is 0 Å². The highest BCUT2D eigenvalue weighted by Crippen LogP contribution is 2.29. The van der Waals surface area contributed by atoms with Crippen molar-refractivity contribution in [1.82, 2.24) is 0 Å². The molecule has 0 aromatic heterocycles. The summed E-state index contributed by atoms with van der Waals surface area (Å²) in [5.74, 6) is 0.766. The highest BCUT2D eigenvalue weighted by molar-refractivity contribution is 6.09. The summed E-state index contributed by atoms with van der Waals surface area (Å²) in [6.07, 6.45) is 0.718. The molecule has 2 N–H and O–H groups in total. The standard InChI is InChI=1S/C18H19N3/c1-12-7-6-10-15(13(12)2)18-16(11-17(19)20-21-18)14-8-4-3-5-9-14/h3-10,16H,11H2,1-2H3,(H2,19,20). The largest absolute Gasteiger partial charge is 0.386 e. The molecule has 0 saturated carbocycles. The van der Waals surface area contributed by atoms with Gasteiger partial charge in [-0.3, -0.25) is 0 Å². The summed E-state index contributed by atoms with van der Waals surface area (Å²) in [6.45, 7) is 4.26. The minimum absolute atomic E-state index is 0.171. The van der Waals surface area contributed by atoms with Crippen LogP contribution < -0.4 is 5.73 Å². The summed E-state index contributed by atoms with van der Waals surface area (Å²) >= 11 is 0. The molecule has 0 bridgehead atoms. The van der Waals surface area contributed by atoms with Crippen molar-refractivity contribution >= 4 is 11.5 Å². The van der Waals surface area contributed by atoms with Gasteiger partial charge in [-0.15, -0.1) is 5.10 Å². The molecule has 106 valence electrons. The fraction of sp³-hybridized carbons (Fsp3) is 0.222. The number of nitrogens with two attached hydrogens (primary N) is 1. The van der Waals surface area contributed by atoms with Crippen LogP contribution >= 0.6 is 0 Å². The Labute approximate surface area is 125 Å². The third kappa shape index (κ3) is 2.59. The molecular formula is C18H19N3. The second-order valence-electron chi connectivity index (χ2n) is 5.49. The molecule has 0 saturated heterocycles. The number of amidine groups is 1. The molecule has 2 aromatic rings. The van der Waals surface area contributed by atoms with Gasteiger partial charge in [0.05, 0.1) is 5.71 Å². The van der Waals surface area contributed by atoms with Crippen molar-refractivity contribution < 1.29 is 0 Å². The maximum absolute atomic E-state index is 5.91. The lowest BCUT2D eigenvalue weighted by Crippen LogP contribution is -2.26. The molecule has 1 aliphatic rings. The Morgan fingerprint density at radius 3 is 2.48 bits per heavy atom. The van der Waals surface area contributed by atoms with Crippen LogP contribution in [0.5, 0.6) is 0 Å². The van der Waals surface area contributed by atoms with E-state index in [2.05, 4.69) is 66.5 Å². The predicted octanol–water partition coefficient (Wildman–Crippen LogP) is 3.55. The summed E-state index contributed by atoms with van der Waals surface area (Å²) < 4.78 is 0. The molecule has 1 unspecified atom stereocenters. The zero-order valence-electron chi connectivity index (χ0n) is 12.4. The van der Waals surface area contributed by atoms with Gasteiger partial charge in [0.2, 0.25) is 0 Å². The van der Waals surface area contributed by atoms with Crippen molar-refractivity contribution in [2.45, 2.75) is 26.2 Å². The number of aryl methyl sites for hydroxylation is 1. The van der Waals surface area contributed by atoms with Crippen molar-refractivity contribution in [3.63, 3.8) is 0 Å². The van der Waals surface area contributed by atoms with Gasteiger partial charge in [-0.1, -0.05) is 48.5 Å². The summed E-state index contributed by atoms with van der Waals surface area (Å²) in [5.41, 5.74) is 11.8. The summed E-state index contributed by atoms with van der Waals surface area (Å²) in [7, 11) is 0. The number of hydrogen-bond donors (Lipinski definition) is 1. The Morgan fingerprint density at radius 1 is 0.952 bits per heavy atom. The van der Waals surface area contributed by atoms with Gasteiger partial charge in [0.15, 0.2) is 0 Å². The predicted molar refractivity (Wildman–Crippen MR) is 87.9 cm³/mol. The molecule has 1 aliphatic heterocycles. The first kappa shape index (κ1) is 13.6. The van der Waals surface area contributed by atoms with Crippen LogP contribution in [0.25, 0.3) is 0 Å². The van der Waals surface area contributed by atoms with Gasteiger partial charge < -0.3 is 5.73 Å². The van der Waals surface area contributed by atoms with E-state index in [0.717, 1.165) is 12.1 Å². The lowest BCUT2D eigenvalue weighted by molar-refractivity contribution is 0.885. The number of hydrogen-bond acceptors (Lipinski definition) is 3. The Bertz CT molecular complexity index is 714. The number of nitrogens with zero attached hydrogens (tertiary/aromatic N) is 2. The van der Waals surface area contributed by atoms with Crippen LogP contribution in [0.4, 0.5) is 0 Å². The molecule has 3 heteroatoms. The molecule has 3 rings (SSSR count). The zero-order valence-corrected chi connectivity index (χ0v) is 12.4. The summed E-state index contributed by atoms with van der Waals surface area (Å²) in [5, 5.41) is 8.54. The first-order valence-corrected chi connectivity index (χ1v) is 7.18. The molecule has 0 spiro atoms. The van der Waals surface area contributed by atoms with Gasteiger partial charge >= 0.3 is 0 Å². The van der Waals surface area contributed by atoms with Crippen molar-refractivity contribution in [3.05, 3.63) is 70.8 Å². The topological polar surface area (TPSA) is 50.7 Å². The fourth-order valence-electron chi connectivity index (χ4n) is 2.77. The van der Waals surface area contributed by atoms with Crippen molar-refractivity contribution in [3.8, 4) is 0 Å². The average Bonchev–Trinajstić information content (AvgIpc) is 2.51. The van der Waals surface area contributed by atoms with Gasteiger partial charge in [-0.2, -0.15) is 5.10 Å². The van der Waals surface area contributed by atoms with Crippen LogP contribution in [0.15, 0.2) is 58.7 Å². The number of rotatable bonds is 2. The molecular weight excluding hydrogens is 258 g/mol. The van der Waals surface area contributed by atoms with Gasteiger partial charge in [0, 0.05) is 17.9 Å². The van der Waals surface area contributed by atoms with Crippen molar-refractivity contribution in [2.75, 3.05) is 0 Å². The normalized spacial score (nSPS) is 18.1. The van der Waals surface area contributed by atoms with Crippen LogP contribution in [0.1, 0.15) is 34.6 Å². The lowest BCUT2D eigenvalue weighted by atomic mass is 9.84. The monoisotopic (exact) mass is 277 g/mol. The summed E-state index contributed by atoms with van der Waals surface area (Å²) in [4.78, 5) is 0. The van der Waals surface area contributed by atoms with Crippen molar-refractivity contribution in [1.29, 1.82) is 0 Å². The third-order valence-electron chi connectivity index (χ3n) is 4.11. The Hall–Kier alpha value is -2.42. The smallest absolute Gasteiger partial charge is 0.123 e. The van der Waals surface area contributed by atoms with E-state index in [1.54, 1.807) is 0 Å². The highest BCUT2D eigenvalue weighted by atomic mass is 15.2. The molecule has 2 aromatic carbocycles. The van der Waals surface area contributed by atoms with Crippen LogP contribution in [0.2, 0.25) is 0 Å². The van der Waals surface area contributed by atoms with E-state index in [1.165, 1.54) is 22.3 Å². The molecule has 1 atom stereocenters. The van der Waals surface area contributed by atoms with Crippen LogP contribution in [-0.4, -0.2) is 11.5 Å². The van der Waals surface area contributed by atoms with E-state index >= 15 is 0 Å². The maximum Gasteiger partial charge on any atom is 0.123 e. The first-order valence-electron chi connectivity index (χ1n) is 7.18. The maximum atomic E-state index is 5.91. The number of benzene rings is 2. The van der Waals surface area contributed by atoms with Crippen LogP contribution in [-0.2, 0) is 0 Å². The highest BCUT2D eigenvalue weighted by Gasteiger charge is 2.25. The van der Waals surface area contributed by atoms with Crippen LogP contribution in [0.3, 0.4) is 0 Å². The third-order valence-corrected chi connectivity index (χ3v) is 4.11. The quantitative estimate of drug-likeness (QED) is 0.896. The molecule has 21 heavy (non-hydrogen) atoms. The van der Waals surface area contributed by atoms with E-state index in [4.69, 9.17) is 5.73 Å². The van der Waals surface area contributed by atoms with Gasteiger partial charge in [0.25, 0.3) is 0 Å². The molecule has 0 fully saturated rings. The van der Waals surface area contributed by atoms with Crippen molar-refractivity contribution in [2.24, 2.45) is 15.9 Å². The fourth-order valence-corrected chi connectivity index (χ4v) is 2.77. The minimum atomic E-state index is 0.171. The van der Waals surface area contributed by atoms with Crippen LogP contribution in [0, 0.1) is 13.8 Å². The molecule has 0 aliphatic carbocycles. The first-order chi connectivity index (χ1) is 10.2. The Morgan fingerprint density at radius 2 is 1.71 bits per heavy atom. The lowest BCUT2D eigenvalue weighted by Gasteiger charge is -2.23. The molecule has 0 amide bonds. The average molecular weight is 277 g/mol. The molecule has 3 nitrogen and oxygen atoms in total. The second-order valence-corrected chi connectivity index (χ2v) is 5.49. The van der Waals surface area contributed by atoms with E-state index in [1.807, 2.05) is 6.07 Å². The summed E-state index contributed by atoms with van der Waals surface area (Å²) in [6, 6.07) is 16.7. The van der Waals surface area contributed by atoms with Gasteiger partial charge in [0.1, 0.15) is 5.84 Å². The molecule has 0 radical (unpaired) electrons. The van der Waals surface area contributed by atoms with E-state index in [0.29, 0.717) is 5.84 Å². The molecule has 1 heterocycles. The SMILES string of the molecule is Cc1cccc(C2=NN=C(N)CC2c2ccccc2)c1C. The zero-order chi connectivity index (χ0) is 14.8. The van der Waals surface area contributed by atoms with E-state index in [-0.39, 0.29) is 5.92 Å². The van der Waals surface area contributed by atoms with E-state index in [9.17, 15) is 0 Å². The Kier molecular flexibility index (Phi) is 3.57. The second kappa shape index (κ2) is 5.52. The minimum Gasteiger partial charge on any atom is -0.386 e. The van der Waals surface area contributed by atoms with Gasteiger partial charge in [-0.25, -0.2) is 0 Å². The van der Waals surface area contributed by atoms with Gasteiger partial charge in [-0.05, 0) is 30.5 Å². The Balaban J connectivity index is 2.11.